The average Bonchev–Trinajstić information content (AvgIpc) is 2.93. The second-order valence-electron chi connectivity index (χ2n) is 7.45. The number of likely N-dealkylation sites (tertiary alicyclic amines) is 1. The van der Waals surface area contributed by atoms with Crippen molar-refractivity contribution in [2.45, 2.75) is 38.8 Å². The van der Waals surface area contributed by atoms with E-state index in [1.165, 1.54) is 11.3 Å². The first kappa shape index (κ1) is 16.1. The Morgan fingerprint density at radius 1 is 1.50 bits per heavy atom. The van der Waals surface area contributed by atoms with Crippen molar-refractivity contribution in [3.63, 3.8) is 0 Å². The molecule has 24 heavy (non-hydrogen) atoms. The van der Waals surface area contributed by atoms with Gasteiger partial charge in [0.25, 0.3) is 5.56 Å². The number of hydrogen-bond acceptors (Lipinski definition) is 5. The molecule has 4 rings (SSSR count). The first-order chi connectivity index (χ1) is 11.2. The summed E-state index contributed by atoms with van der Waals surface area (Å²) in [7, 11) is 0. The van der Waals surface area contributed by atoms with Crippen LogP contribution >= 0.6 is 27.3 Å². The molecule has 1 N–H and O–H groups in total. The molecule has 128 valence electrons. The molecule has 0 aromatic carbocycles. The van der Waals surface area contributed by atoms with Crippen LogP contribution in [0.25, 0.3) is 10.2 Å². The van der Waals surface area contributed by atoms with E-state index in [0.29, 0.717) is 34.4 Å². The highest BCUT2D eigenvalue weighted by Crippen LogP contribution is 2.56. The highest BCUT2D eigenvalue weighted by atomic mass is 79.9. The van der Waals surface area contributed by atoms with Crippen LogP contribution in [0.3, 0.4) is 0 Å². The van der Waals surface area contributed by atoms with Crippen molar-refractivity contribution in [1.29, 1.82) is 0 Å². The zero-order chi connectivity index (χ0) is 17.2. The molecule has 6 nitrogen and oxygen atoms in total. The number of carbonyl (C=O) groups excluding carboxylic acids is 1. The molecule has 1 saturated heterocycles. The van der Waals surface area contributed by atoms with Gasteiger partial charge >= 0.3 is 6.09 Å². The van der Waals surface area contributed by atoms with Gasteiger partial charge in [0.1, 0.15) is 16.1 Å². The van der Waals surface area contributed by atoms with E-state index >= 15 is 0 Å². The number of hydrogen-bond donors (Lipinski definition) is 1. The number of halogens is 1. The van der Waals surface area contributed by atoms with Crippen LogP contribution in [0, 0.1) is 11.8 Å². The van der Waals surface area contributed by atoms with Gasteiger partial charge in [-0.25, -0.2) is 9.78 Å². The minimum Gasteiger partial charge on any atom is -0.444 e. The summed E-state index contributed by atoms with van der Waals surface area (Å²) in [6.45, 7) is 6.22. The Bertz CT molecular complexity index is 885. The van der Waals surface area contributed by atoms with Crippen LogP contribution in [0.15, 0.2) is 14.6 Å². The van der Waals surface area contributed by atoms with Gasteiger partial charge in [-0.2, -0.15) is 0 Å². The summed E-state index contributed by atoms with van der Waals surface area (Å²) in [6.07, 6.45) is 0.730. The fourth-order valence-electron chi connectivity index (χ4n) is 3.39. The molecular formula is C16H18BrN3O3S. The summed E-state index contributed by atoms with van der Waals surface area (Å²) < 4.78 is 6.99. The Kier molecular flexibility index (Phi) is 3.55. The monoisotopic (exact) mass is 411 g/mol. The number of thiophene rings is 1. The lowest BCUT2D eigenvalue weighted by atomic mass is 10.1. The Hall–Kier alpha value is -1.41. The lowest BCUT2D eigenvalue weighted by Crippen LogP contribution is -2.39. The maximum absolute atomic E-state index is 12.5. The van der Waals surface area contributed by atoms with Crippen molar-refractivity contribution in [2.24, 2.45) is 11.8 Å². The van der Waals surface area contributed by atoms with Crippen molar-refractivity contribution in [3.8, 4) is 0 Å². The molecule has 0 spiro atoms. The highest BCUT2D eigenvalue weighted by molar-refractivity contribution is 9.11. The molecule has 3 heterocycles. The molecule has 3 atom stereocenters. The molecule has 1 amide bonds. The number of ether oxygens (including phenoxy) is 1. The number of carbonyl (C=O) groups is 1. The first-order valence-corrected chi connectivity index (χ1v) is 9.53. The van der Waals surface area contributed by atoms with Crippen LogP contribution < -0.4 is 5.56 Å². The van der Waals surface area contributed by atoms with Crippen molar-refractivity contribution in [3.05, 3.63) is 26.0 Å². The number of H-pyrrole nitrogens is 1. The lowest BCUT2D eigenvalue weighted by Gasteiger charge is -2.29. The summed E-state index contributed by atoms with van der Waals surface area (Å²) in [5.74, 6) is 1.41. The maximum Gasteiger partial charge on any atom is 0.410 e. The second-order valence-corrected chi connectivity index (χ2v) is 9.88. The smallest absolute Gasteiger partial charge is 0.410 e. The predicted octanol–water partition coefficient (Wildman–Crippen LogP) is 3.68. The number of nitrogens with zero attached hydrogens (tertiary/aromatic N) is 2. The standard InChI is InChI=1S/C16H18BrN3O3S/c1-16(2,3)23-15(22)20-6-7-4-8(7)11(20)13-18-9-5-10(17)24-12(9)14(21)19-13/h5,7-8,11H,4,6H2,1-3H3,(H,18,19,21)/t7-,8-,11+/m1/s1. The molecule has 0 unspecified atom stereocenters. The average molecular weight is 412 g/mol. The van der Waals surface area contributed by atoms with Crippen molar-refractivity contribution >= 4 is 43.6 Å². The third-order valence-corrected chi connectivity index (χ3v) is 6.06. The highest BCUT2D eigenvalue weighted by Gasteiger charge is 2.56. The summed E-state index contributed by atoms with van der Waals surface area (Å²) in [4.78, 5) is 34.1. The SMILES string of the molecule is CC(C)(C)OC(=O)N1C[C@H]2C[C@H]2[C@H]1c1nc2cc(Br)sc2c(=O)[nH]1. The van der Waals surface area contributed by atoms with E-state index in [-0.39, 0.29) is 17.7 Å². The third-order valence-electron chi connectivity index (χ3n) is 4.43. The number of amides is 1. The molecule has 2 aromatic rings. The van der Waals surface area contributed by atoms with Gasteiger partial charge in [-0.3, -0.25) is 9.69 Å². The van der Waals surface area contributed by atoms with Gasteiger partial charge in [-0.1, -0.05) is 0 Å². The summed E-state index contributed by atoms with van der Waals surface area (Å²) in [6, 6.07) is 1.64. The van der Waals surface area contributed by atoms with Gasteiger partial charge in [0.15, 0.2) is 0 Å². The Morgan fingerprint density at radius 3 is 2.96 bits per heavy atom. The molecule has 1 aliphatic heterocycles. The zero-order valence-electron chi connectivity index (χ0n) is 13.6. The van der Waals surface area contributed by atoms with E-state index in [4.69, 9.17) is 4.74 Å². The molecule has 8 heteroatoms. The number of aromatic nitrogens is 2. The number of nitrogens with one attached hydrogen (secondary N) is 1. The summed E-state index contributed by atoms with van der Waals surface area (Å²) in [5.41, 5.74) is -0.0324. The van der Waals surface area contributed by atoms with E-state index in [0.717, 1.165) is 10.2 Å². The van der Waals surface area contributed by atoms with Gasteiger partial charge in [-0.15, -0.1) is 11.3 Å². The number of fused-ring (bicyclic) bond motifs is 2. The minimum absolute atomic E-state index is 0.154. The van der Waals surface area contributed by atoms with Crippen LogP contribution in [-0.4, -0.2) is 33.1 Å². The van der Waals surface area contributed by atoms with Crippen LogP contribution in [0.4, 0.5) is 4.79 Å². The quantitative estimate of drug-likeness (QED) is 0.776. The lowest BCUT2D eigenvalue weighted by molar-refractivity contribution is 0.0183. The molecule has 2 fully saturated rings. The van der Waals surface area contributed by atoms with Gasteiger partial charge in [0.2, 0.25) is 0 Å². The zero-order valence-corrected chi connectivity index (χ0v) is 16.0. The fourth-order valence-corrected chi connectivity index (χ4v) is 4.81. The Morgan fingerprint density at radius 2 is 2.25 bits per heavy atom. The summed E-state index contributed by atoms with van der Waals surface area (Å²) in [5, 5.41) is 0. The van der Waals surface area contributed by atoms with E-state index in [1.807, 2.05) is 26.8 Å². The van der Waals surface area contributed by atoms with E-state index in [9.17, 15) is 9.59 Å². The molecule has 1 saturated carbocycles. The fraction of sp³-hybridized carbons (Fsp3) is 0.562. The molecule has 2 aromatic heterocycles. The first-order valence-electron chi connectivity index (χ1n) is 7.92. The van der Waals surface area contributed by atoms with Crippen LogP contribution in [-0.2, 0) is 4.74 Å². The Labute approximate surface area is 151 Å². The predicted molar refractivity (Wildman–Crippen MR) is 95.2 cm³/mol. The minimum atomic E-state index is -0.544. The molecule has 2 aliphatic rings. The molecule has 1 aliphatic carbocycles. The molecule has 0 radical (unpaired) electrons. The van der Waals surface area contributed by atoms with Gasteiger partial charge < -0.3 is 9.72 Å². The van der Waals surface area contributed by atoms with Crippen molar-refractivity contribution in [1.82, 2.24) is 14.9 Å². The van der Waals surface area contributed by atoms with Gasteiger partial charge in [0, 0.05) is 6.54 Å². The van der Waals surface area contributed by atoms with Gasteiger partial charge in [0.05, 0.1) is 15.3 Å². The van der Waals surface area contributed by atoms with Gasteiger partial charge in [-0.05, 0) is 61.0 Å². The van der Waals surface area contributed by atoms with Crippen LogP contribution in [0.1, 0.15) is 39.1 Å². The normalized spacial score (nSPS) is 25.8. The largest absolute Gasteiger partial charge is 0.444 e. The topological polar surface area (TPSA) is 75.3 Å². The number of rotatable bonds is 1. The number of piperidine rings is 1. The third kappa shape index (κ3) is 2.75. The molecule has 0 bridgehead atoms. The van der Waals surface area contributed by atoms with Crippen molar-refractivity contribution in [2.75, 3.05) is 6.54 Å². The number of aromatic amines is 1. The summed E-state index contributed by atoms with van der Waals surface area (Å²) >= 11 is 4.76. The van der Waals surface area contributed by atoms with E-state index in [1.54, 1.807) is 4.90 Å². The van der Waals surface area contributed by atoms with E-state index in [2.05, 4.69) is 25.9 Å². The molecular weight excluding hydrogens is 394 g/mol. The van der Waals surface area contributed by atoms with Crippen LogP contribution in [0.2, 0.25) is 0 Å². The Balaban J connectivity index is 1.71. The van der Waals surface area contributed by atoms with E-state index < -0.39 is 5.60 Å². The van der Waals surface area contributed by atoms with Crippen LogP contribution in [0.5, 0.6) is 0 Å². The second kappa shape index (κ2) is 5.29. The maximum atomic E-state index is 12.5. The van der Waals surface area contributed by atoms with Crippen molar-refractivity contribution < 1.29 is 9.53 Å².